The van der Waals surface area contributed by atoms with Crippen molar-refractivity contribution in [3.8, 4) is 5.75 Å². The van der Waals surface area contributed by atoms with Crippen molar-refractivity contribution in [3.63, 3.8) is 0 Å². The van der Waals surface area contributed by atoms with Crippen LogP contribution in [0.25, 0.3) is 0 Å². The highest BCUT2D eigenvalue weighted by Crippen LogP contribution is 2.41. The Morgan fingerprint density at radius 1 is 1.23 bits per heavy atom. The number of amides is 1. The van der Waals surface area contributed by atoms with Crippen molar-refractivity contribution in [2.45, 2.75) is 30.6 Å². The molecule has 1 aliphatic carbocycles. The second-order valence-electron chi connectivity index (χ2n) is 9.16. The van der Waals surface area contributed by atoms with Gasteiger partial charge in [0.2, 0.25) is 10.0 Å². The Morgan fingerprint density at radius 2 is 1.97 bits per heavy atom. The number of piperidine rings is 1. The Morgan fingerprint density at radius 3 is 2.65 bits per heavy atom. The minimum Gasteiger partial charge on any atom is -0.492 e. The van der Waals surface area contributed by atoms with E-state index in [4.69, 9.17) is 4.74 Å². The summed E-state index contributed by atoms with van der Waals surface area (Å²) in [6.45, 7) is 2.61. The van der Waals surface area contributed by atoms with E-state index in [0.717, 1.165) is 12.8 Å². The molecule has 166 valence electrons. The van der Waals surface area contributed by atoms with E-state index in [-0.39, 0.29) is 16.2 Å². The maximum Gasteiger partial charge on any atom is 0.272 e. The van der Waals surface area contributed by atoms with Gasteiger partial charge in [0.05, 0.1) is 19.1 Å². The van der Waals surface area contributed by atoms with Crippen molar-refractivity contribution in [2.24, 2.45) is 18.4 Å². The fourth-order valence-corrected chi connectivity index (χ4v) is 6.38. The van der Waals surface area contributed by atoms with Crippen LogP contribution in [-0.2, 0) is 17.1 Å². The van der Waals surface area contributed by atoms with Crippen LogP contribution in [0.15, 0.2) is 41.7 Å². The van der Waals surface area contributed by atoms with Gasteiger partial charge in [-0.2, -0.15) is 4.31 Å². The number of fused-ring (bicyclic) bond motifs is 1. The average molecular weight is 445 g/mol. The molecule has 0 N–H and O–H groups in total. The Kier molecular flexibility index (Phi) is 5.05. The topological polar surface area (TPSA) is 84.7 Å². The van der Waals surface area contributed by atoms with Crippen molar-refractivity contribution in [1.82, 2.24) is 18.8 Å². The van der Waals surface area contributed by atoms with Gasteiger partial charge in [-0.25, -0.2) is 13.4 Å². The number of carbonyl (C=O) groups excluding carboxylic acids is 1. The van der Waals surface area contributed by atoms with E-state index in [1.54, 1.807) is 39.6 Å². The molecule has 3 heterocycles. The number of aromatic nitrogens is 2. The molecule has 3 aliphatic rings. The number of aryl methyl sites for hydroxylation is 1. The fraction of sp³-hybridized carbons (Fsp3) is 0.545. The van der Waals surface area contributed by atoms with Gasteiger partial charge in [-0.05, 0) is 43.7 Å². The van der Waals surface area contributed by atoms with Crippen LogP contribution in [0.5, 0.6) is 5.75 Å². The van der Waals surface area contributed by atoms with E-state index in [9.17, 15) is 13.2 Å². The summed E-state index contributed by atoms with van der Waals surface area (Å²) in [5, 5.41) is 0. The normalized spacial score (nSPS) is 22.9. The van der Waals surface area contributed by atoms with Gasteiger partial charge in [-0.1, -0.05) is 12.1 Å². The zero-order chi connectivity index (χ0) is 21.6. The Bertz CT molecular complexity index is 1080. The maximum absolute atomic E-state index is 13.5. The minimum atomic E-state index is -3.63. The highest BCUT2D eigenvalue weighted by molar-refractivity contribution is 7.89. The van der Waals surface area contributed by atoms with Crippen molar-refractivity contribution in [1.29, 1.82) is 0 Å². The summed E-state index contributed by atoms with van der Waals surface area (Å²) < 4.78 is 36.5. The van der Waals surface area contributed by atoms with Crippen LogP contribution < -0.4 is 4.74 Å². The van der Waals surface area contributed by atoms with Crippen LogP contribution in [0.3, 0.4) is 0 Å². The van der Waals surface area contributed by atoms with E-state index >= 15 is 0 Å². The number of ether oxygens (including phenoxy) is 1. The number of rotatable bonds is 3. The van der Waals surface area contributed by atoms with E-state index in [1.807, 2.05) is 18.0 Å². The van der Waals surface area contributed by atoms with Crippen molar-refractivity contribution in [2.75, 3.05) is 32.8 Å². The summed E-state index contributed by atoms with van der Waals surface area (Å²) in [5.41, 5.74) is 0.260. The zero-order valence-corrected chi connectivity index (χ0v) is 18.6. The molecule has 0 radical (unpaired) electrons. The number of sulfonamides is 1. The van der Waals surface area contributed by atoms with Crippen molar-refractivity contribution in [3.05, 3.63) is 42.5 Å². The van der Waals surface area contributed by atoms with Crippen LogP contribution in [-0.4, -0.2) is 65.9 Å². The molecule has 1 amide bonds. The summed E-state index contributed by atoms with van der Waals surface area (Å²) in [6.07, 6.45) is 6.80. The smallest absolute Gasteiger partial charge is 0.272 e. The largest absolute Gasteiger partial charge is 0.492 e. The van der Waals surface area contributed by atoms with Crippen molar-refractivity contribution >= 4 is 15.9 Å². The first-order valence-electron chi connectivity index (χ1n) is 10.9. The summed E-state index contributed by atoms with van der Waals surface area (Å²) in [4.78, 5) is 19.0. The highest BCUT2D eigenvalue weighted by atomic mass is 32.2. The predicted octanol–water partition coefficient (Wildman–Crippen LogP) is 2.14. The highest BCUT2D eigenvalue weighted by Gasteiger charge is 2.45. The molecule has 1 aromatic heterocycles. The molecule has 2 fully saturated rings. The number of imidazole rings is 1. The zero-order valence-electron chi connectivity index (χ0n) is 17.7. The molecule has 9 heteroatoms. The summed E-state index contributed by atoms with van der Waals surface area (Å²) >= 11 is 0. The lowest BCUT2D eigenvalue weighted by atomic mass is 9.78. The fourth-order valence-electron chi connectivity index (χ4n) is 4.62. The van der Waals surface area contributed by atoms with Gasteiger partial charge in [0.25, 0.3) is 5.91 Å². The molecule has 8 nitrogen and oxygen atoms in total. The molecular formula is C22H28N4O4S. The number of hydrogen-bond donors (Lipinski definition) is 0. The van der Waals surface area contributed by atoms with Crippen molar-refractivity contribution < 1.29 is 17.9 Å². The average Bonchev–Trinajstić information content (AvgIpc) is 3.49. The summed E-state index contributed by atoms with van der Waals surface area (Å²) in [5.74, 6) is 0.844. The molecule has 5 rings (SSSR count). The van der Waals surface area contributed by atoms with E-state index in [0.29, 0.717) is 63.0 Å². The first-order valence-corrected chi connectivity index (χ1v) is 12.3. The number of nitrogens with zero attached hydrogens (tertiary/aromatic N) is 4. The van der Waals surface area contributed by atoms with E-state index in [2.05, 4.69) is 4.98 Å². The second kappa shape index (κ2) is 7.63. The lowest BCUT2D eigenvalue weighted by Crippen LogP contribution is -2.52. The molecule has 0 atom stereocenters. The molecule has 2 aromatic rings. The second-order valence-corrected chi connectivity index (χ2v) is 11.1. The molecular weight excluding hydrogens is 416 g/mol. The van der Waals surface area contributed by atoms with Gasteiger partial charge >= 0.3 is 0 Å². The number of benzene rings is 1. The third-order valence-corrected chi connectivity index (χ3v) is 8.67. The molecule has 1 aromatic carbocycles. The van der Waals surface area contributed by atoms with Crippen LogP contribution in [0.2, 0.25) is 0 Å². The molecule has 0 unspecified atom stereocenters. The lowest BCUT2D eigenvalue weighted by molar-refractivity contribution is 0.0291. The van der Waals surface area contributed by atoms with Gasteiger partial charge in [0.15, 0.2) is 0 Å². The van der Waals surface area contributed by atoms with Gasteiger partial charge in [-0.3, -0.25) is 4.79 Å². The third-order valence-electron chi connectivity index (χ3n) is 6.82. The molecule has 0 bridgehead atoms. The minimum absolute atomic E-state index is 0.0329. The first kappa shape index (κ1) is 20.5. The molecule has 2 aliphatic heterocycles. The monoisotopic (exact) mass is 444 g/mol. The SMILES string of the molecule is Cn1cncc1C(=O)N1CCC2(CC1)COc1ccccc1S(=O)(=O)N(CC1CC1)C2. The Labute approximate surface area is 182 Å². The Hall–Kier alpha value is -2.39. The van der Waals surface area contributed by atoms with Gasteiger partial charge in [0.1, 0.15) is 16.3 Å². The standard InChI is InChI=1S/C22H28N4O4S/c1-24-16-23-12-18(24)21(27)25-10-8-22(9-11-25)14-26(13-17-6-7-17)31(28,29)20-5-3-2-4-19(20)30-15-22/h2-5,12,16-17H,6-11,13-15H2,1H3. The third kappa shape index (κ3) is 3.85. The van der Waals surface area contributed by atoms with Crippen LogP contribution in [0, 0.1) is 11.3 Å². The summed E-state index contributed by atoms with van der Waals surface area (Å²) in [7, 11) is -1.82. The lowest BCUT2D eigenvalue weighted by Gasteiger charge is -2.45. The number of para-hydroxylation sites is 1. The number of carbonyl (C=O) groups is 1. The first-order chi connectivity index (χ1) is 14.9. The van der Waals surface area contributed by atoms with Crippen LogP contribution in [0.4, 0.5) is 0 Å². The molecule has 1 saturated heterocycles. The predicted molar refractivity (Wildman–Crippen MR) is 114 cm³/mol. The number of likely N-dealkylation sites (tertiary alicyclic amines) is 1. The summed E-state index contributed by atoms with van der Waals surface area (Å²) in [6, 6.07) is 6.93. The quantitative estimate of drug-likeness (QED) is 0.724. The maximum atomic E-state index is 13.5. The van der Waals surface area contributed by atoms with Crippen LogP contribution >= 0.6 is 0 Å². The van der Waals surface area contributed by atoms with E-state index in [1.165, 1.54) is 0 Å². The van der Waals surface area contributed by atoms with Gasteiger partial charge in [-0.15, -0.1) is 0 Å². The van der Waals surface area contributed by atoms with E-state index < -0.39 is 10.0 Å². The van der Waals surface area contributed by atoms with Gasteiger partial charge < -0.3 is 14.2 Å². The number of hydrogen-bond acceptors (Lipinski definition) is 5. The van der Waals surface area contributed by atoms with Gasteiger partial charge in [0, 0.05) is 38.6 Å². The molecule has 1 saturated carbocycles. The molecule has 1 spiro atoms. The molecule has 31 heavy (non-hydrogen) atoms. The Balaban J connectivity index is 1.40. The van der Waals surface area contributed by atoms with Crippen LogP contribution in [0.1, 0.15) is 36.2 Å².